The summed E-state index contributed by atoms with van der Waals surface area (Å²) in [6.45, 7) is -1.10. The summed E-state index contributed by atoms with van der Waals surface area (Å²) in [5.74, 6) is 0. The van der Waals surface area contributed by atoms with E-state index in [9.17, 15) is 4.79 Å². The number of methoxy groups -OCH3 is 1. The lowest BCUT2D eigenvalue weighted by molar-refractivity contribution is 0.0608. The van der Waals surface area contributed by atoms with Crippen molar-refractivity contribution >= 4 is 6.03 Å². The largest absolute Gasteiger partial charge is 0.388 e. The second-order valence-electron chi connectivity index (χ2n) is 1.57. The van der Waals surface area contributed by atoms with Crippen molar-refractivity contribution in [2.75, 3.05) is 27.7 Å². The second-order valence-corrected chi connectivity index (χ2v) is 1.57. The summed E-state index contributed by atoms with van der Waals surface area (Å²) >= 11 is 0. The molecule has 0 atom stereocenters. The van der Waals surface area contributed by atoms with Crippen LogP contribution in [-0.2, 0) is 4.74 Å². The monoisotopic (exact) mass is 166 g/mol. The van der Waals surface area contributed by atoms with E-state index in [2.05, 4.69) is 10.5 Å². The zero-order valence-electron chi connectivity index (χ0n) is 6.65. The van der Waals surface area contributed by atoms with E-state index in [0.717, 1.165) is 0 Å². The molecule has 0 saturated heterocycles. The first-order valence-corrected chi connectivity index (χ1v) is 2.80. The molecule has 0 aromatic carbocycles. The van der Waals surface area contributed by atoms with Crippen molar-refractivity contribution in [3.8, 4) is 0 Å². The van der Waals surface area contributed by atoms with Crippen molar-refractivity contribution in [2.45, 2.75) is 0 Å². The van der Waals surface area contributed by atoms with Crippen LogP contribution in [0.1, 0.15) is 0 Å². The molecule has 0 aliphatic heterocycles. The maximum absolute atomic E-state index is 9.99. The minimum atomic E-state index is -0.838. The number of urea groups is 1. The third kappa shape index (κ3) is 9.15. The van der Waals surface area contributed by atoms with Crippen molar-refractivity contribution in [3.05, 3.63) is 0 Å². The third-order valence-corrected chi connectivity index (χ3v) is 0.653. The predicted molar refractivity (Wildman–Crippen MR) is 38.5 cm³/mol. The Morgan fingerprint density at radius 1 is 1.45 bits per heavy atom. The molecule has 0 heterocycles. The molecule has 2 amide bonds. The maximum Gasteiger partial charge on any atom is 0.318 e. The van der Waals surface area contributed by atoms with Gasteiger partial charge >= 0.3 is 6.03 Å². The van der Waals surface area contributed by atoms with Crippen LogP contribution in [0.4, 0.5) is 4.79 Å². The Morgan fingerprint density at radius 3 is 1.73 bits per heavy atom. The van der Waals surface area contributed by atoms with Gasteiger partial charge in [-0.3, -0.25) is 4.90 Å². The zero-order chi connectivity index (χ0) is 9.28. The van der Waals surface area contributed by atoms with Crippen molar-refractivity contribution in [3.63, 3.8) is 0 Å². The van der Waals surface area contributed by atoms with E-state index in [1.54, 1.807) is 14.2 Å². The van der Waals surface area contributed by atoms with Crippen LogP contribution in [0.3, 0.4) is 0 Å². The van der Waals surface area contributed by atoms with E-state index in [1.807, 2.05) is 0 Å². The number of ether oxygens (including phenoxy) is 1. The summed E-state index contributed by atoms with van der Waals surface area (Å²) in [5, 5.41) is 16.3. The van der Waals surface area contributed by atoms with Crippen LogP contribution in [-0.4, -0.2) is 48.8 Å². The molecule has 68 valence electrons. The van der Waals surface area contributed by atoms with Crippen LogP contribution in [0, 0.1) is 0 Å². The van der Waals surface area contributed by atoms with Crippen molar-refractivity contribution < 1.29 is 19.7 Å². The molecule has 0 aliphatic rings. The minimum Gasteiger partial charge on any atom is -0.388 e. The van der Waals surface area contributed by atoms with E-state index >= 15 is 0 Å². The number of aliphatic hydroxyl groups excluding tert-OH is 2. The molecule has 0 aromatic rings. The molecule has 6 heteroatoms. The van der Waals surface area contributed by atoms with Gasteiger partial charge in [0.1, 0.15) is 13.5 Å². The maximum atomic E-state index is 9.99. The highest BCUT2D eigenvalue weighted by Crippen LogP contribution is 1.78. The standard InChI is InChI=1S/C3H8N2O3.C2H6O/c4-3(8)5(1-6)2-7;1-3-2/h6-7H,1-2H2,(H2,4,8);1-2H3. The molecule has 6 nitrogen and oxygen atoms in total. The number of rotatable bonds is 2. The summed E-state index contributed by atoms with van der Waals surface area (Å²) in [6, 6.07) is -0.838. The Morgan fingerprint density at radius 2 is 1.73 bits per heavy atom. The number of hydrogen-bond donors (Lipinski definition) is 3. The molecule has 0 fully saturated rings. The molecule has 0 aromatic heterocycles. The van der Waals surface area contributed by atoms with Gasteiger partial charge in [0.25, 0.3) is 0 Å². The number of nitrogens with two attached hydrogens (primary N) is 1. The van der Waals surface area contributed by atoms with Crippen LogP contribution in [0.15, 0.2) is 0 Å². The van der Waals surface area contributed by atoms with Gasteiger partial charge in [0.15, 0.2) is 0 Å². The fourth-order valence-corrected chi connectivity index (χ4v) is 0.184. The topological polar surface area (TPSA) is 96.0 Å². The van der Waals surface area contributed by atoms with Crippen molar-refractivity contribution in [1.82, 2.24) is 4.90 Å². The number of carbonyl (C=O) groups excluding carboxylic acids is 1. The lowest BCUT2D eigenvalue weighted by atomic mass is 10.8. The smallest absolute Gasteiger partial charge is 0.318 e. The van der Waals surface area contributed by atoms with Gasteiger partial charge in [0.05, 0.1) is 0 Å². The number of aliphatic hydroxyl groups is 2. The normalized spacial score (nSPS) is 8.00. The molecule has 0 saturated carbocycles. The molecule has 0 radical (unpaired) electrons. The van der Waals surface area contributed by atoms with Crippen LogP contribution < -0.4 is 5.73 Å². The average Bonchev–Trinajstić information content (AvgIpc) is 1.91. The summed E-state index contributed by atoms with van der Waals surface area (Å²) in [7, 11) is 3.25. The van der Waals surface area contributed by atoms with E-state index in [4.69, 9.17) is 10.2 Å². The molecular formula is C5H14N2O4. The minimum absolute atomic E-state index is 0.550. The Labute approximate surface area is 65.2 Å². The van der Waals surface area contributed by atoms with Gasteiger partial charge in [-0.05, 0) is 0 Å². The number of carbonyl (C=O) groups is 1. The van der Waals surface area contributed by atoms with Crippen LogP contribution in [0.5, 0.6) is 0 Å². The molecule has 0 spiro atoms. The summed E-state index contributed by atoms with van der Waals surface area (Å²) in [4.78, 5) is 10.7. The number of amides is 2. The molecule has 0 rings (SSSR count). The van der Waals surface area contributed by atoms with Gasteiger partial charge in [-0.2, -0.15) is 0 Å². The molecule has 0 aliphatic carbocycles. The molecule has 4 N–H and O–H groups in total. The number of hydrogen-bond acceptors (Lipinski definition) is 4. The summed E-state index contributed by atoms with van der Waals surface area (Å²) in [5.41, 5.74) is 4.62. The van der Waals surface area contributed by atoms with E-state index in [1.165, 1.54) is 0 Å². The number of primary amides is 1. The molecule has 0 bridgehead atoms. The lowest BCUT2D eigenvalue weighted by Crippen LogP contribution is -2.36. The van der Waals surface area contributed by atoms with Gasteiger partial charge in [-0.25, -0.2) is 4.79 Å². The Hall–Kier alpha value is -0.850. The highest BCUT2D eigenvalue weighted by atomic mass is 16.4. The fraction of sp³-hybridized carbons (Fsp3) is 0.800. The first-order valence-electron chi connectivity index (χ1n) is 2.80. The van der Waals surface area contributed by atoms with Crippen LogP contribution in [0.25, 0.3) is 0 Å². The molecule has 0 unspecified atom stereocenters. The zero-order valence-corrected chi connectivity index (χ0v) is 6.65. The first-order chi connectivity index (χ1) is 5.13. The molecule has 11 heavy (non-hydrogen) atoms. The van der Waals surface area contributed by atoms with Crippen molar-refractivity contribution in [1.29, 1.82) is 0 Å². The van der Waals surface area contributed by atoms with Gasteiger partial charge in [-0.15, -0.1) is 0 Å². The average molecular weight is 166 g/mol. The Bertz CT molecular complexity index is 94.5. The third-order valence-electron chi connectivity index (χ3n) is 0.653. The van der Waals surface area contributed by atoms with E-state index < -0.39 is 19.5 Å². The number of nitrogens with zero attached hydrogens (tertiary/aromatic N) is 1. The quantitative estimate of drug-likeness (QED) is 0.436. The predicted octanol–water partition coefficient (Wildman–Crippen LogP) is -1.47. The van der Waals surface area contributed by atoms with Crippen LogP contribution in [0.2, 0.25) is 0 Å². The van der Waals surface area contributed by atoms with Gasteiger partial charge in [0.2, 0.25) is 0 Å². The Kier molecular flexibility index (Phi) is 10.6. The van der Waals surface area contributed by atoms with Crippen molar-refractivity contribution in [2.24, 2.45) is 5.73 Å². The van der Waals surface area contributed by atoms with E-state index in [-0.39, 0.29) is 0 Å². The lowest BCUT2D eigenvalue weighted by Gasteiger charge is -2.11. The highest BCUT2D eigenvalue weighted by Gasteiger charge is 2.02. The SMILES string of the molecule is COC.NC(=O)N(CO)CO. The second kappa shape index (κ2) is 9.15. The highest BCUT2D eigenvalue weighted by molar-refractivity contribution is 5.71. The summed E-state index contributed by atoms with van der Waals surface area (Å²) < 4.78 is 4.25. The first kappa shape index (κ1) is 12.8. The van der Waals surface area contributed by atoms with Gasteiger partial charge in [0, 0.05) is 14.2 Å². The van der Waals surface area contributed by atoms with Gasteiger partial charge in [-0.1, -0.05) is 0 Å². The van der Waals surface area contributed by atoms with E-state index in [0.29, 0.717) is 4.90 Å². The van der Waals surface area contributed by atoms with Gasteiger partial charge < -0.3 is 20.7 Å². The Balaban J connectivity index is 0. The van der Waals surface area contributed by atoms with Crippen LogP contribution >= 0.6 is 0 Å². The molecular weight excluding hydrogens is 152 g/mol. The fourth-order valence-electron chi connectivity index (χ4n) is 0.184. The summed E-state index contributed by atoms with van der Waals surface area (Å²) in [6.07, 6.45) is 0.